The van der Waals surface area contributed by atoms with Gasteiger partial charge in [0.15, 0.2) is 0 Å². The molecule has 0 radical (unpaired) electrons. The summed E-state index contributed by atoms with van der Waals surface area (Å²) in [7, 11) is 2.16. The third kappa shape index (κ3) is 4.21. The van der Waals surface area contributed by atoms with Crippen LogP contribution in [0.4, 0.5) is 0 Å². The first kappa shape index (κ1) is 14.8. The van der Waals surface area contributed by atoms with Crippen LogP contribution in [0.5, 0.6) is 0 Å². The van der Waals surface area contributed by atoms with Crippen LogP contribution in [0.25, 0.3) is 0 Å². The van der Waals surface area contributed by atoms with E-state index in [9.17, 15) is 0 Å². The first-order valence-electron chi connectivity index (χ1n) is 6.99. The minimum Gasteiger partial charge on any atom is -0.372 e. The molecule has 1 aliphatic rings. The van der Waals surface area contributed by atoms with Gasteiger partial charge in [-0.25, -0.2) is 0 Å². The number of likely N-dealkylation sites (N-methyl/N-ethyl adjacent to an activating group) is 1. The number of nitrogens with zero attached hydrogens (tertiary/aromatic N) is 1. The Morgan fingerprint density at radius 2 is 2.06 bits per heavy atom. The van der Waals surface area contributed by atoms with E-state index in [1.54, 1.807) is 0 Å². The van der Waals surface area contributed by atoms with Crippen LogP contribution in [0.2, 0.25) is 0 Å². The molecule has 0 saturated heterocycles. The van der Waals surface area contributed by atoms with Crippen molar-refractivity contribution in [2.24, 2.45) is 5.92 Å². The highest BCUT2D eigenvalue weighted by Gasteiger charge is 2.16. The van der Waals surface area contributed by atoms with Crippen molar-refractivity contribution in [3.8, 4) is 0 Å². The van der Waals surface area contributed by atoms with E-state index in [1.807, 2.05) is 0 Å². The van der Waals surface area contributed by atoms with E-state index >= 15 is 0 Å². The summed E-state index contributed by atoms with van der Waals surface area (Å²) in [5, 5.41) is 0. The molecular weight excluding hydrogens is 218 g/mol. The third-order valence-corrected chi connectivity index (χ3v) is 3.92. The minimum absolute atomic E-state index is 0.425. The molecule has 2 unspecified atom stereocenters. The smallest absolute Gasteiger partial charge is 0.0473 e. The Kier molecular flexibility index (Phi) is 5.97. The maximum absolute atomic E-state index is 4.24. The van der Waals surface area contributed by atoms with Crippen molar-refractivity contribution in [1.29, 1.82) is 0 Å². The molecule has 0 fully saturated rings. The van der Waals surface area contributed by atoms with Gasteiger partial charge in [-0.1, -0.05) is 57.2 Å². The fourth-order valence-electron chi connectivity index (χ4n) is 2.12. The van der Waals surface area contributed by atoms with Crippen molar-refractivity contribution in [2.75, 3.05) is 7.05 Å². The molecule has 100 valence electrons. The normalized spacial score (nSPS) is 17.9. The largest absolute Gasteiger partial charge is 0.372 e. The second kappa shape index (κ2) is 7.25. The van der Waals surface area contributed by atoms with Crippen molar-refractivity contribution >= 4 is 0 Å². The van der Waals surface area contributed by atoms with Crippen molar-refractivity contribution in [3.63, 3.8) is 0 Å². The Hall–Kier alpha value is -1.24. The first-order valence-corrected chi connectivity index (χ1v) is 6.99. The van der Waals surface area contributed by atoms with Crippen molar-refractivity contribution in [3.05, 3.63) is 48.2 Å². The van der Waals surface area contributed by atoms with Gasteiger partial charge in [0.1, 0.15) is 0 Å². The summed E-state index contributed by atoms with van der Waals surface area (Å²) in [5.74, 6) is 0.718. The van der Waals surface area contributed by atoms with Gasteiger partial charge in [0, 0.05) is 18.8 Å². The average molecular weight is 245 g/mol. The Morgan fingerprint density at radius 1 is 1.33 bits per heavy atom. The zero-order valence-electron chi connectivity index (χ0n) is 12.3. The molecule has 0 saturated carbocycles. The van der Waals surface area contributed by atoms with Gasteiger partial charge in [-0.05, 0) is 31.3 Å². The molecule has 1 aliphatic carbocycles. The van der Waals surface area contributed by atoms with Gasteiger partial charge in [-0.15, -0.1) is 0 Å². The van der Waals surface area contributed by atoms with Crippen molar-refractivity contribution in [2.45, 2.75) is 46.1 Å². The SMILES string of the molecule is C=C(CC(C)CC)N(C)C(C)C1=CC=CC=CC1. The molecule has 0 aliphatic heterocycles. The quantitative estimate of drug-likeness (QED) is 0.655. The molecule has 0 aromatic heterocycles. The Balaban J connectivity index is 2.62. The van der Waals surface area contributed by atoms with E-state index in [-0.39, 0.29) is 0 Å². The summed E-state index contributed by atoms with van der Waals surface area (Å²) in [6.45, 7) is 11.0. The van der Waals surface area contributed by atoms with Gasteiger partial charge < -0.3 is 4.90 Å². The molecule has 2 atom stereocenters. The predicted molar refractivity (Wildman–Crippen MR) is 81.4 cm³/mol. The van der Waals surface area contributed by atoms with Gasteiger partial charge in [-0.2, -0.15) is 0 Å². The second-order valence-electron chi connectivity index (χ2n) is 5.33. The fourth-order valence-corrected chi connectivity index (χ4v) is 2.12. The third-order valence-electron chi connectivity index (χ3n) is 3.92. The molecule has 0 bridgehead atoms. The topological polar surface area (TPSA) is 3.24 Å². The highest BCUT2D eigenvalue weighted by atomic mass is 15.1. The van der Waals surface area contributed by atoms with Gasteiger partial charge in [-0.3, -0.25) is 0 Å². The molecular formula is C17H27N. The fraction of sp³-hybridized carbons (Fsp3) is 0.529. The lowest BCUT2D eigenvalue weighted by Gasteiger charge is -2.31. The lowest BCUT2D eigenvalue weighted by Crippen LogP contribution is -2.30. The van der Waals surface area contributed by atoms with E-state index in [0.29, 0.717) is 6.04 Å². The van der Waals surface area contributed by atoms with E-state index in [4.69, 9.17) is 0 Å². The molecule has 1 rings (SSSR count). The monoisotopic (exact) mass is 245 g/mol. The molecule has 1 nitrogen and oxygen atoms in total. The van der Waals surface area contributed by atoms with E-state index in [0.717, 1.165) is 18.8 Å². The van der Waals surface area contributed by atoms with E-state index in [1.165, 1.54) is 17.7 Å². The van der Waals surface area contributed by atoms with E-state index in [2.05, 4.69) is 69.7 Å². The summed E-state index contributed by atoms with van der Waals surface area (Å²) in [4.78, 5) is 2.32. The lowest BCUT2D eigenvalue weighted by molar-refractivity contribution is 0.328. The van der Waals surface area contributed by atoms with Crippen molar-refractivity contribution in [1.82, 2.24) is 4.90 Å². The minimum atomic E-state index is 0.425. The molecule has 18 heavy (non-hydrogen) atoms. The van der Waals surface area contributed by atoms with Crippen LogP contribution in [0.3, 0.4) is 0 Å². The van der Waals surface area contributed by atoms with Crippen LogP contribution in [0.15, 0.2) is 48.2 Å². The molecule has 0 spiro atoms. The van der Waals surface area contributed by atoms with Crippen LogP contribution in [-0.2, 0) is 0 Å². The van der Waals surface area contributed by atoms with Crippen LogP contribution in [0, 0.1) is 5.92 Å². The van der Waals surface area contributed by atoms with Crippen LogP contribution in [0.1, 0.15) is 40.0 Å². The standard InChI is InChI=1S/C17H27N/c1-6-14(2)13-15(3)18(5)16(4)17-11-9-7-8-10-12-17/h7-11,14,16H,3,6,12-13H2,1-2,4-5H3. The van der Waals surface area contributed by atoms with E-state index < -0.39 is 0 Å². The molecule has 0 aromatic rings. The van der Waals surface area contributed by atoms with Crippen LogP contribution < -0.4 is 0 Å². The van der Waals surface area contributed by atoms with Crippen molar-refractivity contribution < 1.29 is 0 Å². The summed E-state index contributed by atoms with van der Waals surface area (Å²) in [6.07, 6.45) is 14.1. The zero-order chi connectivity index (χ0) is 13.5. The zero-order valence-corrected chi connectivity index (χ0v) is 12.3. The second-order valence-corrected chi connectivity index (χ2v) is 5.33. The lowest BCUT2D eigenvalue weighted by atomic mass is 9.99. The molecule has 0 aromatic carbocycles. The average Bonchev–Trinajstić information content (AvgIpc) is 2.65. The highest BCUT2D eigenvalue weighted by molar-refractivity contribution is 5.27. The van der Waals surface area contributed by atoms with Gasteiger partial charge in [0.2, 0.25) is 0 Å². The summed E-state index contributed by atoms with van der Waals surface area (Å²) in [6, 6.07) is 0.425. The number of hydrogen-bond donors (Lipinski definition) is 0. The maximum Gasteiger partial charge on any atom is 0.0473 e. The Bertz CT molecular complexity index is 360. The Labute approximate surface area is 113 Å². The van der Waals surface area contributed by atoms with Crippen LogP contribution >= 0.6 is 0 Å². The summed E-state index contributed by atoms with van der Waals surface area (Å²) in [5.41, 5.74) is 2.70. The molecule has 0 N–H and O–H groups in total. The maximum atomic E-state index is 4.24. The van der Waals surface area contributed by atoms with Crippen LogP contribution in [-0.4, -0.2) is 18.0 Å². The predicted octanol–water partition coefficient (Wildman–Crippen LogP) is 4.70. The summed E-state index contributed by atoms with van der Waals surface area (Å²) < 4.78 is 0. The number of rotatable bonds is 6. The Morgan fingerprint density at radius 3 is 2.72 bits per heavy atom. The highest BCUT2D eigenvalue weighted by Crippen LogP contribution is 2.22. The number of allylic oxidation sites excluding steroid dienone is 6. The molecule has 0 amide bonds. The van der Waals surface area contributed by atoms with Gasteiger partial charge in [0.05, 0.1) is 0 Å². The van der Waals surface area contributed by atoms with Gasteiger partial charge in [0.25, 0.3) is 0 Å². The first-order chi connectivity index (χ1) is 8.56. The molecule has 0 heterocycles. The number of hydrogen-bond acceptors (Lipinski definition) is 1. The van der Waals surface area contributed by atoms with Gasteiger partial charge >= 0.3 is 0 Å². The molecule has 1 heteroatoms. The summed E-state index contributed by atoms with van der Waals surface area (Å²) >= 11 is 0.